The number of nitrogens with two attached hydrogens (primary N) is 1. The van der Waals surface area contributed by atoms with Gasteiger partial charge in [0.25, 0.3) is 0 Å². The van der Waals surface area contributed by atoms with Gasteiger partial charge in [0, 0.05) is 5.56 Å². The van der Waals surface area contributed by atoms with Crippen molar-refractivity contribution < 1.29 is 5.11 Å². The van der Waals surface area contributed by atoms with Crippen LogP contribution in [0, 0.1) is 0 Å². The lowest BCUT2D eigenvalue weighted by molar-refractivity contribution is 0.468. The minimum absolute atomic E-state index is 0. The summed E-state index contributed by atoms with van der Waals surface area (Å²) in [5, 5.41) is 9.83. The Morgan fingerprint density at radius 1 is 0.941 bits per heavy atom. The topological polar surface area (TPSA) is 46.2 Å². The molecule has 0 fully saturated rings. The quantitative estimate of drug-likeness (QED) is 0.879. The van der Waals surface area contributed by atoms with E-state index < -0.39 is 0 Å². The number of aromatic hydroxyl groups is 1. The second-order valence-electron chi connectivity index (χ2n) is 3.71. The van der Waals surface area contributed by atoms with E-state index in [1.165, 1.54) is 0 Å². The summed E-state index contributed by atoms with van der Waals surface area (Å²) in [4.78, 5) is 0. The van der Waals surface area contributed by atoms with Crippen molar-refractivity contribution in [3.63, 3.8) is 0 Å². The molecule has 17 heavy (non-hydrogen) atoms. The molecule has 0 saturated heterocycles. The van der Waals surface area contributed by atoms with Gasteiger partial charge in [-0.2, -0.15) is 0 Å². The lowest BCUT2D eigenvalue weighted by Crippen LogP contribution is -2.04. The molecule has 2 aromatic carbocycles. The minimum atomic E-state index is 0. The van der Waals surface area contributed by atoms with Crippen LogP contribution in [0.1, 0.15) is 5.56 Å². The molecule has 0 saturated carbocycles. The van der Waals surface area contributed by atoms with Crippen LogP contribution in [0.3, 0.4) is 0 Å². The van der Waals surface area contributed by atoms with Crippen molar-refractivity contribution in [1.29, 1.82) is 0 Å². The van der Waals surface area contributed by atoms with E-state index in [2.05, 4.69) is 0 Å². The van der Waals surface area contributed by atoms with E-state index in [1.807, 2.05) is 42.5 Å². The molecule has 0 aromatic heterocycles. The zero-order valence-corrected chi connectivity index (χ0v) is 10.3. The Morgan fingerprint density at radius 2 is 1.65 bits per heavy atom. The van der Waals surface area contributed by atoms with Gasteiger partial charge in [0.15, 0.2) is 0 Å². The number of hydrogen-bond acceptors (Lipinski definition) is 2. The monoisotopic (exact) mass is 249 g/mol. The fourth-order valence-electron chi connectivity index (χ4n) is 1.87. The van der Waals surface area contributed by atoms with Crippen LogP contribution in [0.15, 0.2) is 48.5 Å². The third-order valence-electron chi connectivity index (χ3n) is 2.63. The highest BCUT2D eigenvalue weighted by atomic mass is 35.5. The van der Waals surface area contributed by atoms with Crippen molar-refractivity contribution in [2.75, 3.05) is 6.54 Å². The van der Waals surface area contributed by atoms with E-state index in [4.69, 9.17) is 5.73 Å². The highest BCUT2D eigenvalue weighted by Crippen LogP contribution is 2.29. The first-order valence-electron chi connectivity index (χ1n) is 5.39. The average Bonchev–Trinajstić information content (AvgIpc) is 2.33. The summed E-state index contributed by atoms with van der Waals surface area (Å²) in [5.74, 6) is 0.326. The molecule has 0 aliphatic carbocycles. The molecule has 90 valence electrons. The third-order valence-corrected chi connectivity index (χ3v) is 2.63. The molecule has 2 aromatic rings. The first-order chi connectivity index (χ1) is 7.83. The Balaban J connectivity index is 0.00000144. The number of phenolic OH excluding ortho intramolecular Hbond substituents is 1. The number of hydrogen-bond donors (Lipinski definition) is 2. The predicted molar refractivity (Wildman–Crippen MR) is 73.5 cm³/mol. The van der Waals surface area contributed by atoms with E-state index in [9.17, 15) is 5.11 Å². The Bertz CT molecular complexity index is 471. The third kappa shape index (κ3) is 2.99. The normalized spacial score (nSPS) is 9.71. The van der Waals surface area contributed by atoms with E-state index >= 15 is 0 Å². The summed E-state index contributed by atoms with van der Waals surface area (Å²) in [6.45, 7) is 0.539. The molecule has 2 rings (SSSR count). The molecule has 0 bridgehead atoms. The summed E-state index contributed by atoms with van der Waals surface area (Å²) < 4.78 is 0. The van der Waals surface area contributed by atoms with Crippen LogP contribution in [-0.2, 0) is 6.42 Å². The molecule has 2 nitrogen and oxygen atoms in total. The highest BCUT2D eigenvalue weighted by Gasteiger charge is 2.07. The van der Waals surface area contributed by atoms with Gasteiger partial charge in [-0.1, -0.05) is 42.5 Å². The van der Waals surface area contributed by atoms with Crippen molar-refractivity contribution in [3.8, 4) is 16.9 Å². The first kappa shape index (κ1) is 13.6. The fourth-order valence-corrected chi connectivity index (χ4v) is 1.87. The van der Waals surface area contributed by atoms with Crippen LogP contribution in [0.5, 0.6) is 5.75 Å². The van der Waals surface area contributed by atoms with Crippen molar-refractivity contribution in [1.82, 2.24) is 0 Å². The molecule has 0 aliphatic rings. The Morgan fingerprint density at radius 3 is 2.29 bits per heavy atom. The maximum atomic E-state index is 9.83. The smallest absolute Gasteiger partial charge is 0.119 e. The van der Waals surface area contributed by atoms with Gasteiger partial charge in [-0.05, 0) is 30.2 Å². The molecule has 0 spiro atoms. The molecule has 0 aliphatic heterocycles. The summed E-state index contributed by atoms with van der Waals surface area (Å²) in [6, 6.07) is 15.6. The number of rotatable bonds is 3. The Labute approximate surface area is 108 Å². The van der Waals surface area contributed by atoms with Crippen molar-refractivity contribution in [2.24, 2.45) is 5.73 Å². The SMILES string of the molecule is Cl.NCCc1c(O)cccc1-c1ccccc1. The lowest BCUT2D eigenvalue weighted by Gasteiger charge is -2.10. The lowest BCUT2D eigenvalue weighted by atomic mass is 9.97. The van der Waals surface area contributed by atoms with Crippen LogP contribution < -0.4 is 5.73 Å². The average molecular weight is 250 g/mol. The minimum Gasteiger partial charge on any atom is -0.508 e. The molecule has 3 N–H and O–H groups in total. The van der Waals surface area contributed by atoms with Crippen molar-refractivity contribution >= 4 is 12.4 Å². The van der Waals surface area contributed by atoms with Gasteiger partial charge in [-0.3, -0.25) is 0 Å². The number of phenols is 1. The fraction of sp³-hybridized carbons (Fsp3) is 0.143. The second-order valence-corrected chi connectivity index (χ2v) is 3.71. The molecule has 0 radical (unpaired) electrons. The molecule has 0 amide bonds. The standard InChI is InChI=1S/C14H15NO.ClH/c15-10-9-13-12(7-4-8-14(13)16)11-5-2-1-3-6-11;/h1-8,16H,9-10,15H2;1H. The molecule has 0 atom stereocenters. The molecule has 3 heteroatoms. The molecule has 0 heterocycles. The molecular formula is C14H16ClNO. The second kappa shape index (κ2) is 6.28. The number of benzene rings is 2. The van der Waals surface area contributed by atoms with Crippen molar-refractivity contribution in [2.45, 2.75) is 6.42 Å². The van der Waals surface area contributed by atoms with Gasteiger partial charge in [-0.15, -0.1) is 12.4 Å². The summed E-state index contributed by atoms with van der Waals surface area (Å²) >= 11 is 0. The van der Waals surface area contributed by atoms with Gasteiger partial charge >= 0.3 is 0 Å². The summed E-state index contributed by atoms with van der Waals surface area (Å²) in [7, 11) is 0. The van der Waals surface area contributed by atoms with E-state index in [0.29, 0.717) is 18.7 Å². The highest BCUT2D eigenvalue weighted by molar-refractivity contribution is 5.85. The van der Waals surface area contributed by atoms with Gasteiger partial charge < -0.3 is 10.8 Å². The van der Waals surface area contributed by atoms with Gasteiger partial charge in [0.2, 0.25) is 0 Å². The Hall–Kier alpha value is -1.51. The predicted octanol–water partition coefficient (Wildman–Crippen LogP) is 2.98. The van der Waals surface area contributed by atoms with Crippen LogP contribution in [0.4, 0.5) is 0 Å². The van der Waals surface area contributed by atoms with Crippen LogP contribution in [0.2, 0.25) is 0 Å². The molecular weight excluding hydrogens is 234 g/mol. The number of halogens is 1. The van der Waals surface area contributed by atoms with Crippen LogP contribution in [-0.4, -0.2) is 11.7 Å². The molecule has 0 unspecified atom stereocenters. The zero-order chi connectivity index (χ0) is 11.4. The maximum Gasteiger partial charge on any atom is 0.119 e. The van der Waals surface area contributed by atoms with Gasteiger partial charge in [0.1, 0.15) is 5.75 Å². The van der Waals surface area contributed by atoms with E-state index in [0.717, 1.165) is 16.7 Å². The van der Waals surface area contributed by atoms with Crippen LogP contribution in [0.25, 0.3) is 11.1 Å². The summed E-state index contributed by atoms with van der Waals surface area (Å²) in [5.41, 5.74) is 8.67. The van der Waals surface area contributed by atoms with E-state index in [-0.39, 0.29) is 12.4 Å². The Kier molecular flexibility index (Phi) is 5.01. The largest absolute Gasteiger partial charge is 0.508 e. The summed E-state index contributed by atoms with van der Waals surface area (Å²) in [6.07, 6.45) is 0.691. The van der Waals surface area contributed by atoms with E-state index in [1.54, 1.807) is 6.07 Å². The maximum absolute atomic E-state index is 9.83. The van der Waals surface area contributed by atoms with Crippen molar-refractivity contribution in [3.05, 3.63) is 54.1 Å². The first-order valence-corrected chi connectivity index (χ1v) is 5.39. The van der Waals surface area contributed by atoms with Gasteiger partial charge in [0.05, 0.1) is 0 Å². The van der Waals surface area contributed by atoms with Crippen LogP contribution >= 0.6 is 12.4 Å². The zero-order valence-electron chi connectivity index (χ0n) is 9.47. The van der Waals surface area contributed by atoms with Gasteiger partial charge in [-0.25, -0.2) is 0 Å².